The Hall–Kier alpha value is -12.2. The minimum atomic E-state index is -2.41. The summed E-state index contributed by atoms with van der Waals surface area (Å²) in [6, 6.07) is 3.10. The number of fused-ring (bicyclic) bond motifs is 16. The summed E-state index contributed by atoms with van der Waals surface area (Å²) in [4.78, 5) is 173. The molecule has 0 aliphatic carbocycles. The number of carboxylic acid groups (broad SMARTS) is 1. The average molecular weight is 1970 g/mol. The molecule has 9 aliphatic rings. The van der Waals surface area contributed by atoms with Crippen molar-refractivity contribution in [1.82, 2.24) is 57.7 Å². The van der Waals surface area contributed by atoms with E-state index in [-0.39, 0.29) is 70.1 Å². The van der Waals surface area contributed by atoms with Crippen molar-refractivity contribution in [2.24, 2.45) is 22.5 Å². The van der Waals surface area contributed by atoms with Crippen molar-refractivity contribution in [3.8, 4) is 57.1 Å². The highest BCUT2D eigenvalue weighted by Gasteiger charge is 2.56. The van der Waals surface area contributed by atoms with Gasteiger partial charge in [0.25, 0.3) is 11.8 Å². The van der Waals surface area contributed by atoms with Crippen LogP contribution in [0.1, 0.15) is 117 Å². The Balaban J connectivity index is 0.847. The summed E-state index contributed by atoms with van der Waals surface area (Å²) < 4.78 is 40.3. The first-order chi connectivity index (χ1) is 64.2. The zero-order chi connectivity index (χ0) is 97.2. The van der Waals surface area contributed by atoms with E-state index in [1.807, 2.05) is 0 Å². The van der Waals surface area contributed by atoms with Crippen molar-refractivity contribution in [1.29, 1.82) is 0 Å². The molecule has 5 aromatic carbocycles. The van der Waals surface area contributed by atoms with Gasteiger partial charge in [-0.05, 0) is 122 Å². The molecule has 16 rings (SSSR count). The molecule has 3 fully saturated rings. The number of carbonyl (C=O) groups is 11. The van der Waals surface area contributed by atoms with Crippen molar-refractivity contribution in [3.05, 3.63) is 174 Å². The van der Waals surface area contributed by atoms with Crippen molar-refractivity contribution < 1.29 is 142 Å². The van der Waals surface area contributed by atoms with E-state index < -0.39 is 296 Å². The van der Waals surface area contributed by atoms with Crippen molar-refractivity contribution >= 4 is 129 Å². The van der Waals surface area contributed by atoms with Gasteiger partial charge in [-0.1, -0.05) is 78.1 Å². The Morgan fingerprint density at radius 3 is 2.04 bits per heavy atom. The van der Waals surface area contributed by atoms with E-state index >= 15 is 28.8 Å². The zero-order valence-electron chi connectivity index (χ0n) is 72.1. The molecule has 0 unspecified atom stereocenters. The van der Waals surface area contributed by atoms with Gasteiger partial charge in [0.15, 0.2) is 48.5 Å². The van der Waals surface area contributed by atoms with Crippen LogP contribution >= 0.6 is 57.9 Å². The Labute approximate surface area is 790 Å². The number of thiazole rings is 1. The maximum Gasteiger partial charge on any atom is 0.352 e. The topological polar surface area (TPSA) is 647 Å². The van der Waals surface area contributed by atoms with E-state index in [4.69, 9.17) is 79.5 Å². The summed E-state index contributed by atoms with van der Waals surface area (Å²) in [5.74, 6) is -18.8. The van der Waals surface area contributed by atoms with Crippen LogP contribution in [0.15, 0.2) is 131 Å². The van der Waals surface area contributed by atoms with Crippen molar-refractivity contribution in [2.75, 3.05) is 32.6 Å². The summed E-state index contributed by atoms with van der Waals surface area (Å²) in [5.41, 5.74) is 9.02. The van der Waals surface area contributed by atoms with Crippen LogP contribution in [-0.2, 0) is 78.3 Å². The number of nitrogens with one attached hydrogen (secondary N) is 9. The minimum absolute atomic E-state index is 0.0248. The number of amides is 10. The van der Waals surface area contributed by atoms with Gasteiger partial charge in [-0.25, -0.2) is 14.3 Å². The molecule has 43 nitrogen and oxygen atoms in total. The summed E-state index contributed by atoms with van der Waals surface area (Å²) in [6.07, 6.45) is -16.2. The monoisotopic (exact) mass is 1970 g/mol. The standard InChI is InChI=1S/C87H94Cl3N15O28S2/c1-34(2)20-46(93-5)74(116)100-63-67(112)37-11-14-51(44(88)22-37)129-53-24-39-25-54(71(53)132-86-72(70(115)69(114)55(31-106)131-86)133-85-50(110)29-87(4,92)35(3)128-85)130-52-15-12-38(23-45(52)89)68(113)64-81(123)99-60(43-26-41(107)27-49(109)57(43)42-21-36(10-13-48(42)108)58(77(119)101-64)98-78(120)59(39)97-75(117)47(28-56(91)111)96-80(63)122)76(118)94-16-9-19-127-103-62(61-73(90)135-33-95-61)79(121)102-65-82(124)105-66(84(125)126)40(32-134-83(65)105)30-104-17-7-6-8-18-104/h6-8,10-15,17-18,21-27,33-35,46-47,50,55,58-60,63-65,67-70,72,83,85-86,93,106,110,112-115H,9,16,19-20,28-32,92H2,1-5H3,(H13-,91,94,96,97,98,99,100,101,102,103,107,108,109,111,116,117,118,119,120,121,122,123,125,126)/p+1/t35-,46+,47-,50+,55+,58+,59+,60-,63+,64-,65+,67+,68+,69+,70-,72+,83+,85+,86-,87-/m0/s1. The lowest BCUT2D eigenvalue weighted by Crippen LogP contribution is -2.71. The summed E-state index contributed by atoms with van der Waals surface area (Å²) >= 11 is 23.0. The third-order valence-corrected chi connectivity index (χ3v) is 26.4. The molecular formula is C87H95Cl3N15O28S2+. The maximum absolute atomic E-state index is 16.4. The van der Waals surface area contributed by atoms with Crippen molar-refractivity contribution in [2.45, 2.75) is 181 Å². The van der Waals surface area contributed by atoms with Crippen LogP contribution in [0.4, 0.5) is 0 Å². The molecule has 23 N–H and O–H groups in total. The number of hydrogen-bond donors (Lipinski definition) is 21. The minimum Gasteiger partial charge on any atom is -0.508 e. The van der Waals surface area contributed by atoms with Gasteiger partial charge in [-0.15, -0.1) is 23.1 Å². The first kappa shape index (κ1) is 98.8. The highest BCUT2D eigenvalue weighted by Crippen LogP contribution is 2.51. The first-order valence-corrected chi connectivity index (χ1v) is 45.2. The highest BCUT2D eigenvalue weighted by atomic mass is 35.5. The Morgan fingerprint density at radius 1 is 0.748 bits per heavy atom. The number of phenolic OH excluding ortho intramolecular Hbond substituents is 3. The van der Waals surface area contributed by atoms with E-state index in [0.717, 1.165) is 83.0 Å². The van der Waals surface area contributed by atoms with Gasteiger partial charge in [0.05, 0.1) is 40.7 Å². The van der Waals surface area contributed by atoms with Gasteiger partial charge in [-0.3, -0.25) is 52.8 Å². The number of pyridine rings is 1. The third kappa shape index (κ3) is 21.4. The fourth-order valence-electron chi connectivity index (χ4n) is 16.2. The molecular weight excluding hydrogens is 1870 g/mol. The lowest BCUT2D eigenvalue weighted by molar-refractivity contribution is -0.689. The number of rotatable bonds is 24. The second kappa shape index (κ2) is 41.6. The molecule has 10 amide bonds. The number of aliphatic hydroxyl groups excluding tert-OH is 6. The van der Waals surface area contributed by atoms with E-state index in [2.05, 4.69) is 58.0 Å². The number of carbonyl (C=O) groups excluding carboxylic acids is 10. The number of nitrogens with two attached hydrogens (primary N) is 2. The normalized spacial score (nSPS) is 27.2. The number of β-lactam (4-membered cyclic amide) rings is 1. The van der Waals surface area contributed by atoms with Crippen LogP contribution in [0.5, 0.6) is 46.0 Å². The van der Waals surface area contributed by atoms with E-state index in [0.29, 0.717) is 5.57 Å². The number of ether oxygens (including phenoxy) is 6. The van der Waals surface area contributed by atoms with Crippen molar-refractivity contribution in [3.63, 3.8) is 0 Å². The largest absolute Gasteiger partial charge is 0.508 e. The molecule has 11 bridgehead atoms. The number of phenols is 3. The second-order valence-corrected chi connectivity index (χ2v) is 36.8. The molecule has 48 heteroatoms. The van der Waals surface area contributed by atoms with Crippen LogP contribution < -0.4 is 78.1 Å². The molecule has 0 spiro atoms. The number of primary amides is 1. The Kier molecular flexibility index (Phi) is 30.4. The number of aromatic hydroxyl groups is 3. The molecule has 7 aromatic rings. The SMILES string of the molecule is CN[C@H](CC(C)C)C(=O)N[C@H]1C(=O)N[C@@H](CC(N)=O)C(=O)N[C@H]2C(=O)N[C@H]3C(=O)N[C@H](C(=O)N[C@H](C(=O)NCCCO/N=C(\C(=O)N[C@@H]4C(=O)N5C(C(=O)O)=C(C[n+]6ccccc6)CS[C@H]45)c4ncsc4Cl)c4cc(O)cc(O)c4-c4cc3ccc4O)[C@H](O)c3ccc(c(Cl)c3)Oc3cc2cc(c3O[C@@H]2O[C@H](CO)[C@@H](O)[C@H](O)[C@H]2O[C@H]2O[C@@H](C)[C@@](C)(N)C[C@H]2O)Oc2ccc(cc2Cl)[C@H]1O. The van der Waals surface area contributed by atoms with Gasteiger partial charge < -0.3 is 144 Å². The highest BCUT2D eigenvalue weighted by molar-refractivity contribution is 8.00. The first-order valence-electron chi connectivity index (χ1n) is 42.2. The van der Waals surface area contributed by atoms with E-state index in [1.54, 1.807) is 62.9 Å². The summed E-state index contributed by atoms with van der Waals surface area (Å²) in [7, 11) is 1.46. The Bertz CT molecular complexity index is 5860. The van der Waals surface area contributed by atoms with Crippen LogP contribution in [-0.4, -0.2) is 255 Å². The second-order valence-electron chi connectivity index (χ2n) is 33.4. The molecule has 0 saturated carbocycles. The van der Waals surface area contributed by atoms with Gasteiger partial charge in [0.1, 0.15) is 135 Å². The predicted octanol–water partition coefficient (Wildman–Crippen LogP) is 0.785. The van der Waals surface area contributed by atoms with E-state index in [9.17, 15) is 75.0 Å². The summed E-state index contributed by atoms with van der Waals surface area (Å²) in [6.45, 7) is 5.10. The molecule has 3 saturated heterocycles. The number of aliphatic carboxylic acids is 1. The molecule has 0 radical (unpaired) electrons. The number of halogens is 3. The number of benzene rings is 5. The molecule has 11 heterocycles. The number of aromatic nitrogens is 2. The number of nitrogens with zero attached hydrogens (tertiary/aromatic N) is 4. The zero-order valence-corrected chi connectivity index (χ0v) is 76.0. The maximum atomic E-state index is 16.4. The molecule has 20 atom stereocenters. The predicted molar refractivity (Wildman–Crippen MR) is 475 cm³/mol. The third-order valence-electron chi connectivity index (χ3n) is 23.4. The summed E-state index contributed by atoms with van der Waals surface area (Å²) in [5, 5.41) is 142. The van der Waals surface area contributed by atoms with E-state index in [1.165, 1.54) is 36.5 Å². The number of aliphatic hydroxyl groups is 6. The van der Waals surface area contributed by atoms with Crippen LogP contribution in [0.25, 0.3) is 11.1 Å². The molecule has 135 heavy (non-hydrogen) atoms. The fourth-order valence-corrected chi connectivity index (χ4v) is 18.8. The molecule has 2 aromatic heterocycles. The number of likely N-dealkylation sites (N-methyl/N-ethyl adjacent to an activating group) is 1. The van der Waals surface area contributed by atoms with Gasteiger partial charge >= 0.3 is 5.97 Å². The van der Waals surface area contributed by atoms with Gasteiger partial charge in [0, 0.05) is 59.2 Å². The number of carboxylic acids is 1. The lowest BCUT2D eigenvalue weighted by atomic mass is 9.87. The Morgan fingerprint density at radius 2 is 1.41 bits per heavy atom. The number of thioether (sulfide) groups is 1. The van der Waals surface area contributed by atoms with Gasteiger partial charge in [-0.2, -0.15) is 0 Å². The number of hydrogen-bond acceptors (Lipinski definition) is 33. The van der Waals surface area contributed by atoms with Crippen LogP contribution in [0, 0.1) is 5.92 Å². The average Bonchev–Trinajstić information content (AvgIpc) is 0.997. The number of oxime groups is 1. The fraction of sp³-hybridized carbons (Fsp3) is 0.402. The van der Waals surface area contributed by atoms with Crippen LogP contribution in [0.2, 0.25) is 14.4 Å². The van der Waals surface area contributed by atoms with Gasteiger partial charge in [0.2, 0.25) is 59.3 Å². The lowest BCUT2D eigenvalue weighted by Gasteiger charge is -2.49. The van der Waals surface area contributed by atoms with Crippen LogP contribution in [0.3, 0.4) is 0 Å². The quantitative estimate of drug-likeness (QED) is 0.0131. The molecule has 9 aliphatic heterocycles. The molecule has 718 valence electrons. The smallest absolute Gasteiger partial charge is 0.352 e.